The Morgan fingerprint density at radius 1 is 1.75 bits per heavy atom. The Labute approximate surface area is 75.7 Å². The lowest BCUT2D eigenvalue weighted by Crippen LogP contribution is -2.76. The van der Waals surface area contributed by atoms with E-state index in [1.807, 2.05) is 0 Å². The van der Waals surface area contributed by atoms with Crippen molar-refractivity contribution in [3.05, 3.63) is 0 Å². The standard InChI is InChI=1S/C8H11ClO3/c1-12-6(11)8-2-7(3-8,4-10)5(8)9/h5,10H,2-4H2,1H3. The maximum absolute atomic E-state index is 11.2. The molecule has 3 aliphatic carbocycles. The van der Waals surface area contributed by atoms with Crippen LogP contribution in [0.2, 0.25) is 0 Å². The normalized spacial score (nSPS) is 49.1. The van der Waals surface area contributed by atoms with Crippen LogP contribution in [0.4, 0.5) is 0 Å². The van der Waals surface area contributed by atoms with Crippen molar-refractivity contribution in [3.8, 4) is 0 Å². The van der Waals surface area contributed by atoms with Crippen molar-refractivity contribution in [3.63, 3.8) is 0 Å². The Morgan fingerprint density at radius 3 is 2.67 bits per heavy atom. The average molecular weight is 191 g/mol. The maximum atomic E-state index is 11.2. The molecule has 12 heavy (non-hydrogen) atoms. The number of rotatable bonds is 2. The van der Waals surface area contributed by atoms with Crippen molar-refractivity contribution in [2.24, 2.45) is 10.8 Å². The lowest BCUT2D eigenvalue weighted by Gasteiger charge is -2.71. The van der Waals surface area contributed by atoms with Gasteiger partial charge in [0.05, 0.1) is 24.5 Å². The third kappa shape index (κ3) is 0.613. The van der Waals surface area contributed by atoms with Gasteiger partial charge in [0.2, 0.25) is 0 Å². The maximum Gasteiger partial charge on any atom is 0.313 e. The second kappa shape index (κ2) is 2.15. The van der Waals surface area contributed by atoms with Gasteiger partial charge in [0.25, 0.3) is 0 Å². The van der Waals surface area contributed by atoms with Gasteiger partial charge in [-0.2, -0.15) is 0 Å². The fourth-order valence-corrected chi connectivity index (χ4v) is 3.00. The second-order valence-electron chi connectivity index (χ2n) is 3.88. The van der Waals surface area contributed by atoms with E-state index in [9.17, 15) is 4.79 Å². The van der Waals surface area contributed by atoms with Crippen molar-refractivity contribution < 1.29 is 14.6 Å². The van der Waals surface area contributed by atoms with Gasteiger partial charge in [-0.1, -0.05) is 0 Å². The van der Waals surface area contributed by atoms with Crippen molar-refractivity contribution in [1.82, 2.24) is 0 Å². The number of alkyl halides is 1. The lowest BCUT2D eigenvalue weighted by atomic mass is 9.35. The van der Waals surface area contributed by atoms with Crippen LogP contribution in [0, 0.1) is 10.8 Å². The molecule has 0 radical (unpaired) electrons. The number of hydrogen-bond donors (Lipinski definition) is 1. The summed E-state index contributed by atoms with van der Waals surface area (Å²) in [5, 5.41) is 8.77. The van der Waals surface area contributed by atoms with Gasteiger partial charge in [-0.3, -0.25) is 4.79 Å². The van der Waals surface area contributed by atoms with E-state index in [1.165, 1.54) is 7.11 Å². The number of carbonyl (C=O) groups is 1. The minimum atomic E-state index is -0.459. The third-order valence-corrected chi connectivity index (χ3v) is 4.15. The van der Waals surface area contributed by atoms with Gasteiger partial charge in [-0.15, -0.1) is 11.6 Å². The molecule has 3 aliphatic rings. The molecule has 3 nitrogen and oxygen atoms in total. The van der Waals surface area contributed by atoms with Crippen LogP contribution < -0.4 is 0 Å². The summed E-state index contributed by atoms with van der Waals surface area (Å²) >= 11 is 5.98. The fourth-order valence-electron chi connectivity index (χ4n) is 2.53. The van der Waals surface area contributed by atoms with Gasteiger partial charge < -0.3 is 9.84 Å². The largest absolute Gasteiger partial charge is 0.469 e. The second-order valence-corrected chi connectivity index (χ2v) is 4.32. The van der Waals surface area contributed by atoms with E-state index in [2.05, 4.69) is 4.74 Å². The fraction of sp³-hybridized carbons (Fsp3) is 0.875. The Hall–Kier alpha value is -0.280. The SMILES string of the molecule is COC(=O)C12CC(CO)(C1)C2Cl. The van der Waals surface area contributed by atoms with Crippen LogP contribution >= 0.6 is 11.6 Å². The summed E-state index contributed by atoms with van der Waals surface area (Å²) in [6, 6.07) is 0. The number of ether oxygens (including phenoxy) is 1. The summed E-state index contributed by atoms with van der Waals surface area (Å²) in [5.74, 6) is -0.224. The molecule has 0 saturated heterocycles. The molecule has 1 unspecified atom stereocenters. The third-order valence-electron chi connectivity index (χ3n) is 3.26. The molecule has 0 amide bonds. The monoisotopic (exact) mass is 190 g/mol. The van der Waals surface area contributed by atoms with Gasteiger partial charge in [0, 0.05) is 5.41 Å². The highest BCUT2D eigenvalue weighted by molar-refractivity contribution is 6.25. The zero-order valence-electron chi connectivity index (χ0n) is 6.84. The average Bonchev–Trinajstić information content (AvgIpc) is 2.02. The summed E-state index contributed by atoms with van der Waals surface area (Å²) in [5.41, 5.74) is -0.630. The molecule has 1 N–H and O–H groups in total. The van der Waals surface area contributed by atoms with Gasteiger partial charge in [0.1, 0.15) is 0 Å². The number of halogens is 1. The molecule has 3 fully saturated rings. The predicted molar refractivity (Wildman–Crippen MR) is 42.8 cm³/mol. The number of methoxy groups -OCH3 is 1. The van der Waals surface area contributed by atoms with Crippen LogP contribution in [0.15, 0.2) is 0 Å². The molecule has 4 heteroatoms. The van der Waals surface area contributed by atoms with Crippen LogP contribution in [0.1, 0.15) is 12.8 Å². The molecule has 0 spiro atoms. The minimum absolute atomic E-state index is 0.0832. The van der Waals surface area contributed by atoms with E-state index >= 15 is 0 Å². The smallest absolute Gasteiger partial charge is 0.313 e. The molecule has 0 aliphatic heterocycles. The Morgan fingerprint density at radius 2 is 2.33 bits per heavy atom. The van der Waals surface area contributed by atoms with Crippen LogP contribution in [0.3, 0.4) is 0 Å². The quantitative estimate of drug-likeness (QED) is 0.511. The molecule has 2 bridgehead atoms. The molecule has 0 aromatic heterocycles. The Kier molecular flexibility index (Phi) is 1.49. The molecule has 0 aromatic carbocycles. The number of aliphatic hydroxyl groups is 1. The van der Waals surface area contributed by atoms with E-state index in [0.717, 1.165) is 0 Å². The van der Waals surface area contributed by atoms with Crippen molar-refractivity contribution in [2.45, 2.75) is 18.2 Å². The van der Waals surface area contributed by atoms with E-state index < -0.39 is 5.41 Å². The number of aliphatic hydroxyl groups excluding tert-OH is 1. The van der Waals surface area contributed by atoms with Crippen molar-refractivity contribution in [2.75, 3.05) is 13.7 Å². The van der Waals surface area contributed by atoms with Crippen LogP contribution in [-0.2, 0) is 9.53 Å². The highest BCUT2D eigenvalue weighted by Gasteiger charge is 2.79. The van der Waals surface area contributed by atoms with Crippen molar-refractivity contribution >= 4 is 17.6 Å². The molecule has 1 atom stereocenters. The minimum Gasteiger partial charge on any atom is -0.469 e. The molecular formula is C8H11ClO3. The number of esters is 1. The van der Waals surface area contributed by atoms with Crippen molar-refractivity contribution in [1.29, 1.82) is 0 Å². The highest BCUT2D eigenvalue weighted by atomic mass is 35.5. The number of carbonyl (C=O) groups excluding carboxylic acids is 1. The molecule has 3 rings (SSSR count). The summed E-state index contributed by atoms with van der Waals surface area (Å²) < 4.78 is 4.65. The molecule has 3 saturated carbocycles. The van der Waals surface area contributed by atoms with Gasteiger partial charge in [0.15, 0.2) is 0 Å². The summed E-state index contributed by atoms with van der Waals surface area (Å²) in [7, 11) is 1.37. The lowest BCUT2D eigenvalue weighted by molar-refractivity contribution is -0.231. The Bertz CT molecular complexity index is 232. The number of hydrogen-bond acceptors (Lipinski definition) is 3. The van der Waals surface area contributed by atoms with E-state index in [0.29, 0.717) is 12.8 Å². The zero-order valence-corrected chi connectivity index (χ0v) is 7.60. The van der Waals surface area contributed by atoms with Gasteiger partial charge in [-0.25, -0.2) is 0 Å². The first-order valence-electron chi connectivity index (χ1n) is 3.95. The highest BCUT2D eigenvalue weighted by Crippen LogP contribution is 2.75. The molecule has 68 valence electrons. The topological polar surface area (TPSA) is 46.5 Å². The van der Waals surface area contributed by atoms with Gasteiger partial charge >= 0.3 is 5.97 Å². The van der Waals surface area contributed by atoms with Crippen LogP contribution in [-0.4, -0.2) is 30.2 Å². The molecule has 0 heterocycles. The van der Waals surface area contributed by atoms with Crippen LogP contribution in [0.25, 0.3) is 0 Å². The van der Waals surface area contributed by atoms with E-state index in [4.69, 9.17) is 16.7 Å². The van der Waals surface area contributed by atoms with E-state index in [-0.39, 0.29) is 23.4 Å². The Balaban J connectivity index is 2.10. The van der Waals surface area contributed by atoms with Crippen LogP contribution in [0.5, 0.6) is 0 Å². The van der Waals surface area contributed by atoms with Gasteiger partial charge in [-0.05, 0) is 12.8 Å². The zero-order chi connectivity index (χ0) is 8.98. The molecule has 0 aromatic rings. The molecular weight excluding hydrogens is 180 g/mol. The predicted octanol–water partition coefficient (Wildman–Crippen LogP) is 0.539. The summed E-state index contributed by atoms with van der Waals surface area (Å²) in [6.07, 6.45) is 1.38. The first-order chi connectivity index (χ1) is 5.61. The first-order valence-corrected chi connectivity index (χ1v) is 4.38. The first kappa shape index (κ1) is 8.32. The summed E-state index contributed by atoms with van der Waals surface area (Å²) in [6.45, 7) is 0.0832. The van der Waals surface area contributed by atoms with E-state index in [1.54, 1.807) is 0 Å². The summed E-state index contributed by atoms with van der Waals surface area (Å²) in [4.78, 5) is 11.2.